The van der Waals surface area contributed by atoms with E-state index in [-0.39, 0.29) is 17.3 Å². The molecule has 2 N–H and O–H groups in total. The molecule has 30 heavy (non-hydrogen) atoms. The zero-order chi connectivity index (χ0) is 22.2. The van der Waals surface area contributed by atoms with E-state index in [1.807, 2.05) is 56.3 Å². The number of aliphatic hydroxyl groups excluding tert-OH is 1. The highest BCUT2D eigenvalue weighted by Gasteiger charge is 2.49. The van der Waals surface area contributed by atoms with Crippen molar-refractivity contribution < 1.29 is 14.7 Å². The fourth-order valence-corrected chi connectivity index (χ4v) is 3.85. The third-order valence-electron chi connectivity index (χ3n) is 5.65. The Kier molecular flexibility index (Phi) is 5.75. The molecule has 2 aromatic carbocycles. The summed E-state index contributed by atoms with van der Waals surface area (Å²) in [7, 11) is 0. The monoisotopic (exact) mass is 406 g/mol. The molecule has 0 atom stereocenters. The SMILES string of the molecule is CC(C)c1cccc(N2C(=O)C(C(=O)Nc3ccccc3C(C)C)=C(O)C2(C)C)c1. The van der Waals surface area contributed by atoms with Crippen LogP contribution in [0.2, 0.25) is 0 Å². The van der Waals surface area contributed by atoms with E-state index in [1.54, 1.807) is 19.9 Å². The normalized spacial score (nSPS) is 16.0. The van der Waals surface area contributed by atoms with Gasteiger partial charge in [0.05, 0.1) is 0 Å². The summed E-state index contributed by atoms with van der Waals surface area (Å²) < 4.78 is 0. The van der Waals surface area contributed by atoms with Crippen LogP contribution in [0.15, 0.2) is 59.9 Å². The second-order valence-electron chi connectivity index (χ2n) is 8.87. The lowest BCUT2D eigenvalue weighted by molar-refractivity contribution is -0.119. The van der Waals surface area contributed by atoms with Crippen molar-refractivity contribution in [2.45, 2.75) is 58.9 Å². The number of carbonyl (C=O) groups is 2. The molecule has 5 nitrogen and oxygen atoms in total. The van der Waals surface area contributed by atoms with E-state index in [9.17, 15) is 14.7 Å². The van der Waals surface area contributed by atoms with Crippen molar-refractivity contribution in [2.75, 3.05) is 10.2 Å². The number of nitrogens with one attached hydrogen (secondary N) is 1. The highest BCUT2D eigenvalue weighted by Crippen LogP contribution is 2.39. The predicted octanol–water partition coefficient (Wildman–Crippen LogP) is 5.51. The minimum atomic E-state index is -1.03. The summed E-state index contributed by atoms with van der Waals surface area (Å²) in [5, 5.41) is 13.7. The molecule has 0 aliphatic carbocycles. The molecule has 3 rings (SSSR count). The van der Waals surface area contributed by atoms with Crippen LogP contribution in [0.5, 0.6) is 0 Å². The van der Waals surface area contributed by atoms with Crippen LogP contribution in [-0.4, -0.2) is 22.5 Å². The molecule has 1 aliphatic rings. The molecule has 0 spiro atoms. The first kappa shape index (κ1) is 21.6. The molecule has 2 amide bonds. The molecule has 0 aromatic heterocycles. The summed E-state index contributed by atoms with van der Waals surface area (Å²) in [6.45, 7) is 11.7. The van der Waals surface area contributed by atoms with Crippen LogP contribution in [0.3, 0.4) is 0 Å². The molecule has 1 heterocycles. The summed E-state index contributed by atoms with van der Waals surface area (Å²) in [4.78, 5) is 27.9. The van der Waals surface area contributed by atoms with E-state index in [1.165, 1.54) is 4.90 Å². The van der Waals surface area contributed by atoms with Crippen molar-refractivity contribution in [3.8, 4) is 0 Å². The van der Waals surface area contributed by atoms with Gasteiger partial charge in [0.15, 0.2) is 0 Å². The Morgan fingerprint density at radius 2 is 1.67 bits per heavy atom. The third-order valence-corrected chi connectivity index (χ3v) is 5.65. The number of aliphatic hydroxyl groups is 1. The van der Waals surface area contributed by atoms with Gasteiger partial charge in [0.1, 0.15) is 16.9 Å². The quantitative estimate of drug-likeness (QED) is 0.643. The molecular formula is C25H30N2O3. The third kappa shape index (κ3) is 3.72. The van der Waals surface area contributed by atoms with E-state index in [0.717, 1.165) is 11.1 Å². The zero-order valence-corrected chi connectivity index (χ0v) is 18.5. The second kappa shape index (κ2) is 7.98. The van der Waals surface area contributed by atoms with Crippen molar-refractivity contribution >= 4 is 23.2 Å². The van der Waals surface area contributed by atoms with Gasteiger partial charge in [0, 0.05) is 11.4 Å². The molecule has 0 saturated carbocycles. The van der Waals surface area contributed by atoms with Gasteiger partial charge in [-0.1, -0.05) is 58.0 Å². The van der Waals surface area contributed by atoms with Gasteiger partial charge in [-0.15, -0.1) is 0 Å². The van der Waals surface area contributed by atoms with E-state index in [0.29, 0.717) is 17.3 Å². The fourth-order valence-electron chi connectivity index (χ4n) is 3.85. The molecule has 5 heteroatoms. The van der Waals surface area contributed by atoms with Crippen LogP contribution in [-0.2, 0) is 9.59 Å². The van der Waals surface area contributed by atoms with Gasteiger partial charge in [-0.25, -0.2) is 0 Å². The van der Waals surface area contributed by atoms with Crippen LogP contribution in [0.1, 0.15) is 64.5 Å². The smallest absolute Gasteiger partial charge is 0.268 e. The molecule has 0 radical (unpaired) electrons. The number of hydrogen-bond donors (Lipinski definition) is 2. The average Bonchev–Trinajstić information content (AvgIpc) is 2.86. The maximum Gasteiger partial charge on any atom is 0.268 e. The Balaban J connectivity index is 1.97. The standard InChI is InChI=1S/C25H30N2O3/c1-15(2)17-10-9-11-18(14-17)27-24(30)21(22(28)25(27,5)6)23(29)26-20-13-8-7-12-19(20)16(3)4/h7-16,28H,1-6H3,(H,26,29). The Hall–Kier alpha value is -3.08. The number of carbonyl (C=O) groups excluding carboxylic acids is 2. The van der Waals surface area contributed by atoms with Crippen molar-refractivity contribution in [2.24, 2.45) is 0 Å². The lowest BCUT2D eigenvalue weighted by Gasteiger charge is -2.32. The first-order chi connectivity index (χ1) is 14.1. The molecule has 0 saturated heterocycles. The molecule has 1 aliphatic heterocycles. The lowest BCUT2D eigenvalue weighted by atomic mass is 9.99. The predicted molar refractivity (Wildman–Crippen MR) is 121 cm³/mol. The number of hydrogen-bond acceptors (Lipinski definition) is 3. The Morgan fingerprint density at radius 3 is 2.30 bits per heavy atom. The maximum atomic E-state index is 13.3. The van der Waals surface area contributed by atoms with E-state index < -0.39 is 17.4 Å². The molecular weight excluding hydrogens is 376 g/mol. The van der Waals surface area contributed by atoms with Gasteiger partial charge in [0.25, 0.3) is 11.8 Å². The summed E-state index contributed by atoms with van der Waals surface area (Å²) in [6, 6.07) is 15.2. The van der Waals surface area contributed by atoms with E-state index in [4.69, 9.17) is 0 Å². The van der Waals surface area contributed by atoms with Gasteiger partial charge in [-0.3, -0.25) is 14.5 Å². The number of amides is 2. The Morgan fingerprint density at radius 1 is 1.00 bits per heavy atom. The van der Waals surface area contributed by atoms with Crippen LogP contribution in [0, 0.1) is 0 Å². The number of para-hydroxylation sites is 1. The minimum absolute atomic E-state index is 0.204. The largest absolute Gasteiger partial charge is 0.509 e. The summed E-state index contributed by atoms with van der Waals surface area (Å²) in [6.07, 6.45) is 0. The fraction of sp³-hybridized carbons (Fsp3) is 0.360. The number of benzene rings is 2. The molecule has 0 unspecified atom stereocenters. The van der Waals surface area contributed by atoms with Crippen molar-refractivity contribution in [1.29, 1.82) is 0 Å². The van der Waals surface area contributed by atoms with Gasteiger partial charge in [0.2, 0.25) is 0 Å². The zero-order valence-electron chi connectivity index (χ0n) is 18.5. The van der Waals surface area contributed by atoms with Crippen molar-refractivity contribution in [3.05, 3.63) is 71.0 Å². The number of nitrogens with zero attached hydrogens (tertiary/aromatic N) is 1. The lowest BCUT2D eigenvalue weighted by Crippen LogP contribution is -2.44. The van der Waals surface area contributed by atoms with Crippen LogP contribution in [0.25, 0.3) is 0 Å². The first-order valence-corrected chi connectivity index (χ1v) is 10.3. The highest BCUT2D eigenvalue weighted by atomic mass is 16.3. The molecule has 0 bridgehead atoms. The van der Waals surface area contributed by atoms with Crippen molar-refractivity contribution in [1.82, 2.24) is 0 Å². The topological polar surface area (TPSA) is 69.6 Å². The summed E-state index contributed by atoms with van der Waals surface area (Å²) >= 11 is 0. The van der Waals surface area contributed by atoms with E-state index in [2.05, 4.69) is 19.2 Å². The van der Waals surface area contributed by atoms with Gasteiger partial charge in [-0.05, 0) is 55.0 Å². The highest BCUT2D eigenvalue weighted by molar-refractivity contribution is 6.30. The molecule has 0 fully saturated rings. The Labute approximate surface area is 178 Å². The Bertz CT molecular complexity index is 1020. The first-order valence-electron chi connectivity index (χ1n) is 10.3. The minimum Gasteiger partial charge on any atom is -0.509 e. The average molecular weight is 407 g/mol. The van der Waals surface area contributed by atoms with Crippen molar-refractivity contribution in [3.63, 3.8) is 0 Å². The van der Waals surface area contributed by atoms with E-state index >= 15 is 0 Å². The maximum absolute atomic E-state index is 13.3. The van der Waals surface area contributed by atoms with Gasteiger partial charge < -0.3 is 10.4 Å². The van der Waals surface area contributed by atoms with Crippen LogP contribution in [0.4, 0.5) is 11.4 Å². The second-order valence-corrected chi connectivity index (χ2v) is 8.87. The summed E-state index contributed by atoms with van der Waals surface area (Å²) in [5.41, 5.74) is 2.11. The van der Waals surface area contributed by atoms with Gasteiger partial charge >= 0.3 is 0 Å². The number of rotatable bonds is 5. The molecule has 158 valence electrons. The molecule has 2 aromatic rings. The van der Waals surface area contributed by atoms with Crippen LogP contribution >= 0.6 is 0 Å². The van der Waals surface area contributed by atoms with Crippen LogP contribution < -0.4 is 10.2 Å². The van der Waals surface area contributed by atoms with Gasteiger partial charge in [-0.2, -0.15) is 0 Å². The number of anilines is 2. The summed E-state index contributed by atoms with van der Waals surface area (Å²) in [5.74, 6) is -0.821.